The van der Waals surface area contributed by atoms with E-state index in [4.69, 9.17) is 4.74 Å². The monoisotopic (exact) mass is 197 g/mol. The molecule has 0 amide bonds. The van der Waals surface area contributed by atoms with Crippen LogP contribution in [0.2, 0.25) is 0 Å². The van der Waals surface area contributed by atoms with Crippen LogP contribution in [0.3, 0.4) is 0 Å². The molecule has 1 aliphatic rings. The van der Waals surface area contributed by atoms with E-state index in [-0.39, 0.29) is 11.9 Å². The van der Waals surface area contributed by atoms with E-state index in [1.165, 1.54) is 0 Å². The maximum absolute atomic E-state index is 11.5. The molecular formula is C11H19NO2. The average Bonchev–Trinajstić information content (AvgIpc) is 2.18. The van der Waals surface area contributed by atoms with Gasteiger partial charge in [0, 0.05) is 25.6 Å². The molecule has 0 spiro atoms. The lowest BCUT2D eigenvalue weighted by atomic mass is 10.1. The average molecular weight is 197 g/mol. The van der Waals surface area contributed by atoms with Crippen LogP contribution < -0.4 is 0 Å². The standard InChI is InChI=1S/C11H19NO2/c1-4-5-10(13)11-8-12(9(2)3)6-7-14-11/h4,9,11H,1,5-8H2,2-3H3. The number of hydrogen-bond donors (Lipinski definition) is 0. The molecule has 0 aliphatic carbocycles. The number of nitrogens with zero attached hydrogens (tertiary/aromatic N) is 1. The van der Waals surface area contributed by atoms with Gasteiger partial charge in [-0.3, -0.25) is 9.69 Å². The van der Waals surface area contributed by atoms with Gasteiger partial charge < -0.3 is 4.74 Å². The summed E-state index contributed by atoms with van der Waals surface area (Å²) in [6.07, 6.45) is 1.81. The van der Waals surface area contributed by atoms with Crippen LogP contribution in [-0.2, 0) is 9.53 Å². The number of rotatable bonds is 4. The molecule has 1 saturated heterocycles. The number of allylic oxidation sites excluding steroid dienone is 1. The van der Waals surface area contributed by atoms with E-state index in [0.717, 1.165) is 13.1 Å². The molecule has 1 fully saturated rings. The third-order valence-corrected chi connectivity index (χ3v) is 2.53. The highest BCUT2D eigenvalue weighted by Gasteiger charge is 2.26. The molecule has 0 aromatic carbocycles. The second-order valence-electron chi connectivity index (χ2n) is 3.91. The van der Waals surface area contributed by atoms with Crippen molar-refractivity contribution in [2.45, 2.75) is 32.4 Å². The first-order valence-electron chi connectivity index (χ1n) is 5.14. The maximum Gasteiger partial charge on any atom is 0.166 e. The predicted molar refractivity (Wildman–Crippen MR) is 56.3 cm³/mol. The van der Waals surface area contributed by atoms with E-state index in [1.54, 1.807) is 6.08 Å². The Bertz CT molecular complexity index is 213. The van der Waals surface area contributed by atoms with Crippen LogP contribution in [-0.4, -0.2) is 42.5 Å². The van der Waals surface area contributed by atoms with Crippen molar-refractivity contribution >= 4 is 5.78 Å². The molecule has 3 nitrogen and oxygen atoms in total. The zero-order chi connectivity index (χ0) is 10.6. The summed E-state index contributed by atoms with van der Waals surface area (Å²) in [6, 6.07) is 0.484. The summed E-state index contributed by atoms with van der Waals surface area (Å²) in [5, 5.41) is 0. The van der Waals surface area contributed by atoms with Gasteiger partial charge in [-0.2, -0.15) is 0 Å². The number of ether oxygens (including phenoxy) is 1. The number of carbonyl (C=O) groups is 1. The maximum atomic E-state index is 11.5. The van der Waals surface area contributed by atoms with E-state index in [0.29, 0.717) is 19.1 Å². The van der Waals surface area contributed by atoms with Crippen molar-refractivity contribution in [3.8, 4) is 0 Å². The van der Waals surface area contributed by atoms with Crippen molar-refractivity contribution in [2.75, 3.05) is 19.7 Å². The number of morpholine rings is 1. The summed E-state index contributed by atoms with van der Waals surface area (Å²) >= 11 is 0. The fourth-order valence-corrected chi connectivity index (χ4v) is 1.61. The normalized spacial score (nSPS) is 23.8. The molecule has 0 radical (unpaired) electrons. The largest absolute Gasteiger partial charge is 0.368 e. The molecule has 1 aliphatic heterocycles. The van der Waals surface area contributed by atoms with Crippen LogP contribution in [0, 0.1) is 0 Å². The summed E-state index contributed by atoms with van der Waals surface area (Å²) in [4.78, 5) is 13.8. The number of carbonyl (C=O) groups excluding carboxylic acids is 1. The molecule has 0 bridgehead atoms. The van der Waals surface area contributed by atoms with Crippen LogP contribution in [0.4, 0.5) is 0 Å². The van der Waals surface area contributed by atoms with Crippen LogP contribution in [0.25, 0.3) is 0 Å². The zero-order valence-electron chi connectivity index (χ0n) is 9.03. The summed E-state index contributed by atoms with van der Waals surface area (Å²) in [7, 11) is 0. The van der Waals surface area contributed by atoms with Crippen LogP contribution in [0.5, 0.6) is 0 Å². The second-order valence-corrected chi connectivity index (χ2v) is 3.91. The first-order chi connectivity index (χ1) is 6.65. The molecule has 0 N–H and O–H groups in total. The molecule has 1 rings (SSSR count). The Kier molecular flexibility index (Phi) is 4.29. The fraction of sp³-hybridized carbons (Fsp3) is 0.727. The first kappa shape index (κ1) is 11.4. The van der Waals surface area contributed by atoms with E-state index in [2.05, 4.69) is 25.3 Å². The van der Waals surface area contributed by atoms with Gasteiger partial charge >= 0.3 is 0 Å². The fourth-order valence-electron chi connectivity index (χ4n) is 1.61. The van der Waals surface area contributed by atoms with E-state index in [1.807, 2.05) is 0 Å². The lowest BCUT2D eigenvalue weighted by Crippen LogP contribution is -2.48. The van der Waals surface area contributed by atoms with Gasteiger partial charge in [0.2, 0.25) is 0 Å². The number of ketones is 1. The minimum absolute atomic E-state index is 0.144. The van der Waals surface area contributed by atoms with E-state index >= 15 is 0 Å². The van der Waals surface area contributed by atoms with Gasteiger partial charge in [-0.1, -0.05) is 6.08 Å². The molecule has 80 valence electrons. The second kappa shape index (κ2) is 5.27. The summed E-state index contributed by atoms with van der Waals surface area (Å²) in [5.41, 5.74) is 0. The highest BCUT2D eigenvalue weighted by Crippen LogP contribution is 2.10. The molecule has 14 heavy (non-hydrogen) atoms. The van der Waals surface area contributed by atoms with E-state index in [9.17, 15) is 4.79 Å². The molecule has 1 atom stereocenters. The molecule has 1 unspecified atom stereocenters. The Labute approximate surface area is 85.7 Å². The van der Waals surface area contributed by atoms with Gasteiger partial charge in [0.05, 0.1) is 6.61 Å². The van der Waals surface area contributed by atoms with Crippen molar-refractivity contribution in [1.29, 1.82) is 0 Å². The topological polar surface area (TPSA) is 29.5 Å². The highest BCUT2D eigenvalue weighted by molar-refractivity contribution is 5.84. The van der Waals surface area contributed by atoms with Crippen LogP contribution in [0.1, 0.15) is 20.3 Å². The highest BCUT2D eigenvalue weighted by atomic mass is 16.5. The van der Waals surface area contributed by atoms with Crippen molar-refractivity contribution in [2.24, 2.45) is 0 Å². The zero-order valence-corrected chi connectivity index (χ0v) is 9.03. The third-order valence-electron chi connectivity index (χ3n) is 2.53. The molecule has 0 saturated carbocycles. The smallest absolute Gasteiger partial charge is 0.166 e. The summed E-state index contributed by atoms with van der Waals surface area (Å²) < 4.78 is 5.43. The van der Waals surface area contributed by atoms with Gasteiger partial charge in [-0.05, 0) is 13.8 Å². The Morgan fingerprint density at radius 3 is 3.00 bits per heavy atom. The third kappa shape index (κ3) is 2.93. The van der Waals surface area contributed by atoms with E-state index < -0.39 is 0 Å². The van der Waals surface area contributed by atoms with Crippen LogP contribution >= 0.6 is 0 Å². The van der Waals surface area contributed by atoms with Crippen molar-refractivity contribution in [1.82, 2.24) is 4.90 Å². The van der Waals surface area contributed by atoms with Gasteiger partial charge in [-0.15, -0.1) is 6.58 Å². The Balaban J connectivity index is 2.47. The van der Waals surface area contributed by atoms with Crippen molar-refractivity contribution < 1.29 is 9.53 Å². The molecule has 3 heteroatoms. The summed E-state index contributed by atoms with van der Waals surface area (Å²) in [5.74, 6) is 0.144. The molecule has 1 heterocycles. The minimum Gasteiger partial charge on any atom is -0.368 e. The molecule has 0 aromatic rings. The number of hydrogen-bond acceptors (Lipinski definition) is 3. The van der Waals surface area contributed by atoms with Crippen molar-refractivity contribution in [3.05, 3.63) is 12.7 Å². The van der Waals surface area contributed by atoms with Gasteiger partial charge in [0.1, 0.15) is 6.10 Å². The molecular weight excluding hydrogens is 178 g/mol. The minimum atomic E-state index is -0.246. The van der Waals surface area contributed by atoms with Crippen LogP contribution in [0.15, 0.2) is 12.7 Å². The quantitative estimate of drug-likeness (QED) is 0.635. The first-order valence-corrected chi connectivity index (χ1v) is 5.14. The summed E-state index contributed by atoms with van der Waals surface area (Å²) in [6.45, 7) is 10.1. The number of Topliss-reactive ketones (excluding diaryl/α,β-unsaturated/α-hetero) is 1. The van der Waals surface area contributed by atoms with Gasteiger partial charge in [0.25, 0.3) is 0 Å². The van der Waals surface area contributed by atoms with Crippen molar-refractivity contribution in [3.63, 3.8) is 0 Å². The lowest BCUT2D eigenvalue weighted by Gasteiger charge is -2.34. The van der Waals surface area contributed by atoms with Gasteiger partial charge in [-0.25, -0.2) is 0 Å². The lowest BCUT2D eigenvalue weighted by molar-refractivity contribution is -0.136. The Morgan fingerprint density at radius 1 is 1.71 bits per heavy atom. The van der Waals surface area contributed by atoms with Gasteiger partial charge in [0.15, 0.2) is 5.78 Å². The SMILES string of the molecule is C=CCC(=O)C1CN(C(C)C)CCO1. The predicted octanol–water partition coefficient (Wildman–Crippen LogP) is 1.24. The Morgan fingerprint density at radius 2 is 2.43 bits per heavy atom. The molecule has 0 aromatic heterocycles. The Hall–Kier alpha value is -0.670.